The predicted molar refractivity (Wildman–Crippen MR) is 94.9 cm³/mol. The van der Waals surface area contributed by atoms with Crippen molar-refractivity contribution >= 4 is 27.4 Å². The van der Waals surface area contributed by atoms with Crippen LogP contribution in [-0.4, -0.2) is 19.8 Å². The summed E-state index contributed by atoms with van der Waals surface area (Å²) in [5.41, 5.74) is 0.524. The number of hydrogen-bond acceptors (Lipinski definition) is 4. The van der Waals surface area contributed by atoms with Crippen molar-refractivity contribution in [2.75, 3.05) is 0 Å². The first-order valence-electron chi connectivity index (χ1n) is 7.70. The Morgan fingerprint density at radius 3 is 2.28 bits per heavy atom. The highest BCUT2D eigenvalue weighted by Crippen LogP contribution is 2.47. The minimum Gasteiger partial charge on any atom is -0.359 e. The van der Waals surface area contributed by atoms with E-state index in [-0.39, 0.29) is 10.7 Å². The van der Waals surface area contributed by atoms with Gasteiger partial charge in [-0.05, 0) is 49.2 Å². The Morgan fingerprint density at radius 2 is 1.72 bits per heavy atom. The highest BCUT2D eigenvalue weighted by Gasteiger charge is 2.49. The molecule has 5 nitrogen and oxygen atoms in total. The van der Waals surface area contributed by atoms with Crippen molar-refractivity contribution < 1.29 is 17.9 Å². The molecule has 1 heterocycles. The van der Waals surface area contributed by atoms with Gasteiger partial charge in [-0.1, -0.05) is 35.9 Å². The van der Waals surface area contributed by atoms with Crippen LogP contribution in [0.4, 0.5) is 0 Å². The lowest BCUT2D eigenvalue weighted by molar-refractivity contribution is -0.130. The van der Waals surface area contributed by atoms with Crippen LogP contribution in [0.1, 0.15) is 37.0 Å². The van der Waals surface area contributed by atoms with Crippen LogP contribution < -0.4 is 5.14 Å². The molecule has 1 saturated heterocycles. The average molecular weight is 380 g/mol. The Bertz CT molecular complexity index is 922. The fourth-order valence-corrected chi connectivity index (χ4v) is 3.80. The molecule has 0 amide bonds. The Hall–Kier alpha value is -1.73. The van der Waals surface area contributed by atoms with Crippen LogP contribution in [0.5, 0.6) is 0 Å². The van der Waals surface area contributed by atoms with Crippen LogP contribution in [0.25, 0.3) is 0 Å². The fraction of sp³-hybridized carbons (Fsp3) is 0.278. The van der Waals surface area contributed by atoms with E-state index >= 15 is 0 Å². The van der Waals surface area contributed by atoms with Gasteiger partial charge in [0.2, 0.25) is 10.0 Å². The number of carbonyl (C=O) groups excluding carboxylic acids is 1. The van der Waals surface area contributed by atoms with E-state index in [1.54, 1.807) is 44.2 Å². The summed E-state index contributed by atoms with van der Waals surface area (Å²) in [4.78, 5) is 12.9. The minimum atomic E-state index is -3.78. The molecule has 25 heavy (non-hydrogen) atoms. The zero-order valence-electron chi connectivity index (χ0n) is 13.8. The van der Waals surface area contributed by atoms with Gasteiger partial charge >= 0.3 is 0 Å². The smallest absolute Gasteiger partial charge is 0.238 e. The summed E-state index contributed by atoms with van der Waals surface area (Å²) in [7, 11) is -3.78. The molecule has 1 aliphatic rings. The van der Waals surface area contributed by atoms with E-state index in [2.05, 4.69) is 0 Å². The summed E-state index contributed by atoms with van der Waals surface area (Å²) in [5.74, 6) is -0.621. The maximum Gasteiger partial charge on any atom is 0.238 e. The number of Topliss-reactive ketones (excluding diaryl/α,β-unsaturated/α-hetero) is 1. The lowest BCUT2D eigenvalue weighted by Crippen LogP contribution is -2.29. The van der Waals surface area contributed by atoms with Crippen molar-refractivity contribution in [3.63, 3.8) is 0 Å². The Morgan fingerprint density at radius 1 is 1.08 bits per heavy atom. The first-order valence-corrected chi connectivity index (χ1v) is 9.62. The molecule has 0 aliphatic carbocycles. The molecule has 7 heteroatoms. The molecular formula is C18H18ClNO4S. The van der Waals surface area contributed by atoms with Crippen LogP contribution in [0, 0.1) is 0 Å². The van der Waals surface area contributed by atoms with E-state index in [0.29, 0.717) is 10.6 Å². The van der Waals surface area contributed by atoms with Gasteiger partial charge in [-0.15, -0.1) is 0 Å². The van der Waals surface area contributed by atoms with Gasteiger partial charge in [-0.25, -0.2) is 13.6 Å². The SMILES string of the molecule is CC1(C)OC(c2cccc(Cl)c2)C(c2ccc(S(N)(=O)=O)cc2)C1=O. The summed E-state index contributed by atoms with van der Waals surface area (Å²) >= 11 is 6.07. The second-order valence-corrected chi connectivity index (χ2v) is 8.56. The molecule has 0 spiro atoms. The van der Waals surface area contributed by atoms with Gasteiger partial charge in [-0.2, -0.15) is 0 Å². The molecule has 3 rings (SSSR count). The molecule has 0 saturated carbocycles. The van der Waals surface area contributed by atoms with Gasteiger partial charge in [0, 0.05) is 5.02 Å². The van der Waals surface area contributed by atoms with Gasteiger partial charge < -0.3 is 4.74 Å². The summed E-state index contributed by atoms with van der Waals surface area (Å²) in [6.07, 6.45) is -0.499. The summed E-state index contributed by atoms with van der Waals surface area (Å²) < 4.78 is 28.9. The van der Waals surface area contributed by atoms with Crippen molar-refractivity contribution in [3.8, 4) is 0 Å². The fourth-order valence-electron chi connectivity index (χ4n) is 3.09. The highest BCUT2D eigenvalue weighted by atomic mass is 35.5. The van der Waals surface area contributed by atoms with Gasteiger partial charge in [-0.3, -0.25) is 4.79 Å². The topological polar surface area (TPSA) is 86.5 Å². The third kappa shape index (κ3) is 3.48. The lowest BCUT2D eigenvalue weighted by Gasteiger charge is -2.19. The second kappa shape index (κ2) is 6.21. The number of hydrogen-bond donors (Lipinski definition) is 1. The summed E-state index contributed by atoms with van der Waals surface area (Å²) in [5, 5.41) is 5.69. The minimum absolute atomic E-state index is 0.00109. The third-order valence-electron chi connectivity index (χ3n) is 4.35. The standard InChI is InChI=1S/C18H18ClNO4S/c1-18(2)17(21)15(11-6-8-14(9-7-11)25(20,22)23)16(24-18)12-4-3-5-13(19)10-12/h3-10,15-16H,1-2H3,(H2,20,22,23). The summed E-state index contributed by atoms with van der Waals surface area (Å²) in [6.45, 7) is 3.46. The van der Waals surface area contributed by atoms with E-state index in [9.17, 15) is 13.2 Å². The summed E-state index contributed by atoms with van der Waals surface area (Å²) in [6, 6.07) is 13.2. The molecule has 2 atom stereocenters. The van der Waals surface area contributed by atoms with Crippen LogP contribution in [0.2, 0.25) is 5.02 Å². The van der Waals surface area contributed by atoms with Crippen LogP contribution in [0.15, 0.2) is 53.4 Å². The molecule has 1 aliphatic heterocycles. The lowest BCUT2D eigenvalue weighted by atomic mass is 9.84. The number of rotatable bonds is 3. The van der Waals surface area contributed by atoms with Crippen LogP contribution in [0.3, 0.4) is 0 Å². The van der Waals surface area contributed by atoms with E-state index in [4.69, 9.17) is 21.5 Å². The molecule has 2 N–H and O–H groups in total. The first kappa shape index (κ1) is 18.1. The molecule has 2 aromatic rings. The number of nitrogens with two attached hydrogens (primary N) is 1. The van der Waals surface area contributed by atoms with E-state index in [1.807, 2.05) is 6.07 Å². The number of primary sulfonamides is 1. The maximum atomic E-state index is 12.9. The number of halogens is 1. The van der Waals surface area contributed by atoms with Gasteiger partial charge in [0.25, 0.3) is 0 Å². The molecule has 132 valence electrons. The molecule has 0 aromatic heterocycles. The van der Waals surface area contributed by atoms with Gasteiger partial charge in [0.15, 0.2) is 5.78 Å². The van der Waals surface area contributed by atoms with Crippen LogP contribution in [-0.2, 0) is 19.6 Å². The molecule has 2 aromatic carbocycles. The number of ether oxygens (including phenoxy) is 1. The quantitative estimate of drug-likeness (QED) is 0.887. The number of benzene rings is 2. The number of carbonyl (C=O) groups is 1. The molecule has 0 bridgehead atoms. The van der Waals surface area contributed by atoms with Crippen molar-refractivity contribution in [2.45, 2.75) is 36.4 Å². The van der Waals surface area contributed by atoms with Gasteiger partial charge in [0.1, 0.15) is 5.60 Å². The normalized spacial score (nSPS) is 23.0. The van der Waals surface area contributed by atoms with Crippen molar-refractivity contribution in [1.82, 2.24) is 0 Å². The Kier molecular flexibility index (Phi) is 4.49. The van der Waals surface area contributed by atoms with Crippen molar-refractivity contribution in [1.29, 1.82) is 0 Å². The van der Waals surface area contributed by atoms with Gasteiger partial charge in [0.05, 0.1) is 16.9 Å². The maximum absolute atomic E-state index is 12.9. The third-order valence-corrected chi connectivity index (χ3v) is 5.51. The number of sulfonamides is 1. The largest absolute Gasteiger partial charge is 0.359 e. The van der Waals surface area contributed by atoms with Crippen LogP contribution >= 0.6 is 11.6 Å². The first-order chi connectivity index (χ1) is 11.6. The average Bonchev–Trinajstić information content (AvgIpc) is 2.77. The monoisotopic (exact) mass is 379 g/mol. The molecular weight excluding hydrogens is 362 g/mol. The van der Waals surface area contributed by atoms with Crippen molar-refractivity contribution in [3.05, 3.63) is 64.7 Å². The predicted octanol–water partition coefficient (Wildman–Crippen LogP) is 3.19. The zero-order chi connectivity index (χ0) is 18.4. The molecule has 0 radical (unpaired) electrons. The van der Waals surface area contributed by atoms with Crippen molar-refractivity contribution in [2.24, 2.45) is 5.14 Å². The Labute approximate surface area is 151 Å². The van der Waals surface area contributed by atoms with E-state index in [0.717, 1.165) is 5.56 Å². The highest BCUT2D eigenvalue weighted by molar-refractivity contribution is 7.89. The number of ketones is 1. The molecule has 1 fully saturated rings. The Balaban J connectivity index is 2.05. The molecule has 2 unspecified atom stereocenters. The van der Waals surface area contributed by atoms with E-state index in [1.165, 1.54) is 12.1 Å². The van der Waals surface area contributed by atoms with E-state index < -0.39 is 27.6 Å². The second-order valence-electron chi connectivity index (χ2n) is 6.56. The zero-order valence-corrected chi connectivity index (χ0v) is 15.3.